The van der Waals surface area contributed by atoms with E-state index in [0.717, 1.165) is 22.5 Å². The largest absolute Gasteiger partial charge is 0.481 e. The topological polar surface area (TPSA) is 75.4 Å². The van der Waals surface area contributed by atoms with Crippen molar-refractivity contribution in [1.29, 1.82) is 0 Å². The van der Waals surface area contributed by atoms with E-state index in [1.165, 1.54) is 0 Å². The summed E-state index contributed by atoms with van der Waals surface area (Å²) < 4.78 is 2.10. The predicted molar refractivity (Wildman–Crippen MR) is 111 cm³/mol. The number of aromatic nitrogens is 2. The van der Waals surface area contributed by atoms with Crippen LogP contribution in [0.3, 0.4) is 0 Å². The molecule has 29 heavy (non-hydrogen) atoms. The molecule has 1 aliphatic heterocycles. The van der Waals surface area contributed by atoms with Gasteiger partial charge in [-0.05, 0) is 36.6 Å². The van der Waals surface area contributed by atoms with Crippen molar-refractivity contribution in [3.63, 3.8) is 0 Å². The fraction of sp³-hybridized carbons (Fsp3) is 0.348. The van der Waals surface area contributed by atoms with E-state index >= 15 is 0 Å². The van der Waals surface area contributed by atoms with Crippen LogP contribution >= 0.6 is 0 Å². The molecule has 6 nitrogen and oxygen atoms in total. The number of para-hydroxylation sites is 3. The number of rotatable bonds is 5. The smallest absolute Gasteiger partial charge is 0.308 e. The first-order chi connectivity index (χ1) is 14.0. The number of benzene rings is 2. The lowest BCUT2D eigenvalue weighted by atomic mass is 9.90. The molecule has 3 aromatic rings. The molecule has 1 amide bonds. The lowest BCUT2D eigenvalue weighted by Crippen LogP contribution is -2.45. The maximum absolute atomic E-state index is 12.8. The summed E-state index contributed by atoms with van der Waals surface area (Å²) in [5.74, 6) is -0.264. The summed E-state index contributed by atoms with van der Waals surface area (Å²) in [6.07, 6.45) is 1.45. The van der Waals surface area contributed by atoms with Gasteiger partial charge in [0.2, 0.25) is 5.91 Å². The van der Waals surface area contributed by atoms with Crippen molar-refractivity contribution in [1.82, 2.24) is 14.5 Å². The van der Waals surface area contributed by atoms with E-state index in [1.807, 2.05) is 61.5 Å². The minimum Gasteiger partial charge on any atom is -0.481 e. The Kier molecular flexibility index (Phi) is 5.34. The molecule has 1 N–H and O–H groups in total. The van der Waals surface area contributed by atoms with E-state index in [2.05, 4.69) is 4.57 Å². The molecule has 1 fully saturated rings. The van der Waals surface area contributed by atoms with Gasteiger partial charge in [0.15, 0.2) is 0 Å². The molecule has 2 heterocycles. The number of carboxylic acid groups (broad SMARTS) is 1. The standard InChI is InChI=1S/C23H25N3O3/c1-16-13-17(23(28)29)15-25(14-16)22(27)12-11-21-24-19-9-5-6-10-20(19)26(21)18-7-3-2-4-8-18/h2-10,16-17H,11-15H2,1H3,(H,28,29). The second-order valence-electron chi connectivity index (χ2n) is 7.86. The van der Waals surface area contributed by atoms with Crippen molar-refractivity contribution < 1.29 is 14.7 Å². The van der Waals surface area contributed by atoms with Crippen LogP contribution in [-0.4, -0.2) is 44.5 Å². The molecule has 2 unspecified atom stereocenters. The Labute approximate surface area is 169 Å². The Morgan fingerprint density at radius 1 is 1.07 bits per heavy atom. The van der Waals surface area contributed by atoms with Gasteiger partial charge in [-0.3, -0.25) is 14.2 Å². The second-order valence-corrected chi connectivity index (χ2v) is 7.86. The van der Waals surface area contributed by atoms with Crippen LogP contribution in [-0.2, 0) is 16.0 Å². The predicted octanol–water partition coefficient (Wildman–Crippen LogP) is 3.53. The van der Waals surface area contributed by atoms with E-state index < -0.39 is 11.9 Å². The van der Waals surface area contributed by atoms with E-state index in [0.29, 0.717) is 32.4 Å². The fourth-order valence-electron chi connectivity index (χ4n) is 4.22. The SMILES string of the molecule is CC1CC(C(=O)O)CN(C(=O)CCc2nc3ccccc3n2-c2ccccc2)C1. The summed E-state index contributed by atoms with van der Waals surface area (Å²) in [5.41, 5.74) is 2.93. The Morgan fingerprint density at radius 2 is 1.79 bits per heavy atom. The van der Waals surface area contributed by atoms with E-state index in [1.54, 1.807) is 4.90 Å². The molecule has 0 bridgehead atoms. The van der Waals surface area contributed by atoms with Gasteiger partial charge in [0.05, 0.1) is 17.0 Å². The van der Waals surface area contributed by atoms with Crippen molar-refractivity contribution >= 4 is 22.9 Å². The molecule has 4 rings (SSSR count). The molecule has 0 aliphatic carbocycles. The summed E-state index contributed by atoms with van der Waals surface area (Å²) in [6, 6.07) is 18.0. The minimum absolute atomic E-state index is 0.00512. The maximum atomic E-state index is 12.8. The third kappa shape index (κ3) is 4.01. The number of amides is 1. The Balaban J connectivity index is 1.56. The molecule has 1 aromatic heterocycles. The number of fused-ring (bicyclic) bond motifs is 1. The fourth-order valence-corrected chi connectivity index (χ4v) is 4.22. The quantitative estimate of drug-likeness (QED) is 0.722. The van der Waals surface area contributed by atoms with Gasteiger partial charge in [-0.1, -0.05) is 37.3 Å². The zero-order valence-electron chi connectivity index (χ0n) is 16.5. The summed E-state index contributed by atoms with van der Waals surface area (Å²) in [4.78, 5) is 30.7. The highest BCUT2D eigenvalue weighted by atomic mass is 16.4. The highest BCUT2D eigenvalue weighted by molar-refractivity contribution is 5.80. The number of imidazole rings is 1. The van der Waals surface area contributed by atoms with E-state index in [9.17, 15) is 14.7 Å². The molecule has 0 radical (unpaired) electrons. The molecular weight excluding hydrogens is 366 g/mol. The highest BCUT2D eigenvalue weighted by Gasteiger charge is 2.31. The first-order valence-corrected chi connectivity index (χ1v) is 10.1. The van der Waals surface area contributed by atoms with Crippen LogP contribution in [0.5, 0.6) is 0 Å². The molecule has 0 saturated carbocycles. The molecule has 0 spiro atoms. The van der Waals surface area contributed by atoms with Crippen molar-refractivity contribution in [3.8, 4) is 5.69 Å². The van der Waals surface area contributed by atoms with Gasteiger partial charge in [0, 0.05) is 31.6 Å². The first-order valence-electron chi connectivity index (χ1n) is 10.1. The molecule has 1 saturated heterocycles. The van der Waals surface area contributed by atoms with Gasteiger partial charge in [-0.2, -0.15) is 0 Å². The third-order valence-electron chi connectivity index (χ3n) is 5.57. The number of carbonyl (C=O) groups is 2. The Hall–Kier alpha value is -3.15. The van der Waals surface area contributed by atoms with Gasteiger partial charge in [-0.25, -0.2) is 4.98 Å². The number of aliphatic carboxylic acids is 1. The number of carboxylic acids is 1. The normalized spacial score (nSPS) is 19.4. The average molecular weight is 391 g/mol. The number of piperidine rings is 1. The maximum Gasteiger partial charge on any atom is 0.308 e. The first kappa shape index (κ1) is 19.2. The highest BCUT2D eigenvalue weighted by Crippen LogP contribution is 2.25. The molecule has 2 aromatic carbocycles. The molecule has 1 aliphatic rings. The van der Waals surface area contributed by atoms with Crippen molar-refractivity contribution in [2.24, 2.45) is 11.8 Å². The zero-order chi connectivity index (χ0) is 20.4. The molecular formula is C23H25N3O3. The number of aryl methyl sites for hydroxylation is 1. The van der Waals surface area contributed by atoms with Crippen LogP contribution in [0.15, 0.2) is 54.6 Å². The second kappa shape index (κ2) is 8.07. The monoisotopic (exact) mass is 391 g/mol. The van der Waals surface area contributed by atoms with Gasteiger partial charge in [0.25, 0.3) is 0 Å². The van der Waals surface area contributed by atoms with Gasteiger partial charge in [-0.15, -0.1) is 0 Å². The minimum atomic E-state index is -0.819. The van der Waals surface area contributed by atoms with Crippen LogP contribution in [0.1, 0.15) is 25.6 Å². The van der Waals surface area contributed by atoms with E-state index in [4.69, 9.17) is 4.98 Å². The average Bonchev–Trinajstić information content (AvgIpc) is 3.10. The van der Waals surface area contributed by atoms with Gasteiger partial charge in [0.1, 0.15) is 5.82 Å². The lowest BCUT2D eigenvalue weighted by molar-refractivity contribution is -0.146. The Morgan fingerprint density at radius 3 is 2.55 bits per heavy atom. The van der Waals surface area contributed by atoms with Crippen LogP contribution in [0, 0.1) is 11.8 Å². The summed E-state index contributed by atoms with van der Waals surface area (Å²) in [6.45, 7) is 2.93. The number of hydrogen-bond acceptors (Lipinski definition) is 3. The van der Waals surface area contributed by atoms with Crippen LogP contribution in [0.2, 0.25) is 0 Å². The number of nitrogens with zero attached hydrogens (tertiary/aromatic N) is 3. The summed E-state index contributed by atoms with van der Waals surface area (Å²) in [5, 5.41) is 9.36. The zero-order valence-corrected chi connectivity index (χ0v) is 16.5. The van der Waals surface area contributed by atoms with Crippen molar-refractivity contribution in [2.45, 2.75) is 26.2 Å². The van der Waals surface area contributed by atoms with Crippen LogP contribution < -0.4 is 0 Å². The number of carbonyl (C=O) groups excluding carboxylic acids is 1. The Bertz CT molecular complexity index is 1030. The van der Waals surface area contributed by atoms with Crippen molar-refractivity contribution in [3.05, 3.63) is 60.4 Å². The molecule has 6 heteroatoms. The van der Waals surface area contributed by atoms with Crippen molar-refractivity contribution in [2.75, 3.05) is 13.1 Å². The third-order valence-corrected chi connectivity index (χ3v) is 5.57. The van der Waals surface area contributed by atoms with Gasteiger partial charge < -0.3 is 10.0 Å². The number of hydrogen-bond donors (Lipinski definition) is 1. The number of likely N-dealkylation sites (tertiary alicyclic amines) is 1. The molecule has 2 atom stereocenters. The van der Waals surface area contributed by atoms with Gasteiger partial charge >= 0.3 is 5.97 Å². The van der Waals surface area contributed by atoms with Crippen LogP contribution in [0.25, 0.3) is 16.7 Å². The molecule has 150 valence electrons. The van der Waals surface area contributed by atoms with E-state index in [-0.39, 0.29) is 11.8 Å². The lowest BCUT2D eigenvalue weighted by Gasteiger charge is -2.34. The summed E-state index contributed by atoms with van der Waals surface area (Å²) in [7, 11) is 0. The summed E-state index contributed by atoms with van der Waals surface area (Å²) >= 11 is 0. The van der Waals surface area contributed by atoms with Crippen LogP contribution in [0.4, 0.5) is 0 Å².